The molecule has 3 nitrogen and oxygen atoms in total. The molecule has 0 saturated carbocycles. The van der Waals surface area contributed by atoms with Crippen molar-refractivity contribution in [2.45, 2.75) is 13.5 Å². The first-order valence-corrected chi connectivity index (χ1v) is 6.26. The Kier molecular flexibility index (Phi) is 4.03. The molecule has 1 amide bonds. The first-order valence-electron chi connectivity index (χ1n) is 6.26. The summed E-state index contributed by atoms with van der Waals surface area (Å²) in [6, 6.07) is 10.9. The molecule has 2 aromatic rings. The van der Waals surface area contributed by atoms with Gasteiger partial charge >= 0.3 is 0 Å². The van der Waals surface area contributed by atoms with Gasteiger partial charge in [0.1, 0.15) is 11.6 Å². The molecule has 2 aromatic carbocycles. The van der Waals surface area contributed by atoms with Crippen LogP contribution < -0.4 is 0 Å². The molecule has 0 aromatic heterocycles. The van der Waals surface area contributed by atoms with E-state index in [1.54, 1.807) is 44.3 Å². The Balaban J connectivity index is 2.14. The number of carbonyl (C=O) groups is 1. The number of phenolic OH excluding ortho intramolecular Hbond substituents is 1. The average molecular weight is 273 g/mol. The van der Waals surface area contributed by atoms with Crippen LogP contribution in [0.3, 0.4) is 0 Å². The van der Waals surface area contributed by atoms with Crippen LogP contribution >= 0.6 is 0 Å². The fourth-order valence-corrected chi connectivity index (χ4v) is 2.03. The largest absolute Gasteiger partial charge is 0.508 e. The van der Waals surface area contributed by atoms with E-state index in [1.165, 1.54) is 17.0 Å². The highest BCUT2D eigenvalue weighted by Gasteiger charge is 2.13. The van der Waals surface area contributed by atoms with Gasteiger partial charge in [0, 0.05) is 19.2 Å². The highest BCUT2D eigenvalue weighted by molar-refractivity contribution is 5.94. The molecule has 0 bridgehead atoms. The van der Waals surface area contributed by atoms with Gasteiger partial charge in [-0.3, -0.25) is 4.79 Å². The van der Waals surface area contributed by atoms with Crippen LogP contribution in [0, 0.1) is 12.7 Å². The number of nitrogens with zero attached hydrogens (tertiary/aromatic N) is 1. The maximum atomic E-state index is 13.3. The lowest BCUT2D eigenvalue weighted by molar-refractivity contribution is 0.0784. The van der Waals surface area contributed by atoms with Gasteiger partial charge in [0.2, 0.25) is 0 Å². The van der Waals surface area contributed by atoms with Crippen LogP contribution in [0.25, 0.3) is 0 Å². The molecule has 0 aliphatic carbocycles. The van der Waals surface area contributed by atoms with Crippen molar-refractivity contribution in [3.05, 3.63) is 65.0 Å². The van der Waals surface area contributed by atoms with Crippen LogP contribution in [-0.2, 0) is 6.54 Å². The van der Waals surface area contributed by atoms with Crippen molar-refractivity contribution in [3.63, 3.8) is 0 Å². The molecule has 0 aliphatic heterocycles. The number of carbonyl (C=O) groups excluding carboxylic acids is 1. The number of phenols is 1. The third kappa shape index (κ3) is 3.35. The van der Waals surface area contributed by atoms with Crippen molar-refractivity contribution < 1.29 is 14.3 Å². The molecule has 2 rings (SSSR count). The van der Waals surface area contributed by atoms with E-state index < -0.39 is 5.82 Å². The molecule has 0 spiro atoms. The monoisotopic (exact) mass is 273 g/mol. The number of aryl methyl sites for hydroxylation is 1. The van der Waals surface area contributed by atoms with Crippen LogP contribution in [0.2, 0.25) is 0 Å². The summed E-state index contributed by atoms with van der Waals surface area (Å²) < 4.78 is 13.3. The predicted octanol–water partition coefficient (Wildman–Crippen LogP) is 3.11. The standard InChI is InChI=1S/C16H16FNO2/c1-11-7-13(9-14(17)8-11)16(20)18(2)10-12-3-5-15(19)6-4-12/h3-9,19H,10H2,1-2H3. The van der Waals surface area contributed by atoms with Crippen molar-refractivity contribution in [1.82, 2.24) is 4.90 Å². The summed E-state index contributed by atoms with van der Waals surface area (Å²) in [4.78, 5) is 13.7. The quantitative estimate of drug-likeness (QED) is 0.933. The summed E-state index contributed by atoms with van der Waals surface area (Å²) in [5.74, 6) is -0.462. The van der Waals surface area contributed by atoms with Gasteiger partial charge in [-0.05, 0) is 48.4 Å². The van der Waals surface area contributed by atoms with Gasteiger partial charge in [0.25, 0.3) is 5.91 Å². The van der Waals surface area contributed by atoms with E-state index in [9.17, 15) is 14.3 Å². The van der Waals surface area contributed by atoms with Gasteiger partial charge < -0.3 is 10.0 Å². The lowest BCUT2D eigenvalue weighted by Gasteiger charge is -2.17. The van der Waals surface area contributed by atoms with E-state index in [0.717, 1.165) is 5.56 Å². The van der Waals surface area contributed by atoms with Gasteiger partial charge in [0.15, 0.2) is 0 Å². The highest BCUT2D eigenvalue weighted by atomic mass is 19.1. The first-order chi connectivity index (χ1) is 9.45. The number of benzene rings is 2. The number of rotatable bonds is 3. The molecule has 0 aliphatic rings. The lowest BCUT2D eigenvalue weighted by atomic mass is 10.1. The molecule has 0 fully saturated rings. The summed E-state index contributed by atoms with van der Waals surface area (Å²) in [5, 5.41) is 9.22. The van der Waals surface area contributed by atoms with E-state index in [4.69, 9.17) is 0 Å². The molecule has 104 valence electrons. The minimum atomic E-state index is -0.411. The summed E-state index contributed by atoms with van der Waals surface area (Å²) >= 11 is 0. The van der Waals surface area contributed by atoms with Crippen molar-refractivity contribution in [2.24, 2.45) is 0 Å². The average Bonchev–Trinajstić information content (AvgIpc) is 2.39. The zero-order valence-corrected chi connectivity index (χ0v) is 11.4. The van der Waals surface area contributed by atoms with Crippen LogP contribution in [0.5, 0.6) is 5.75 Å². The summed E-state index contributed by atoms with van der Waals surface area (Å²) in [5.41, 5.74) is 1.95. The number of aromatic hydroxyl groups is 1. The maximum absolute atomic E-state index is 13.3. The van der Waals surface area contributed by atoms with E-state index in [-0.39, 0.29) is 11.7 Å². The van der Waals surface area contributed by atoms with Crippen LogP contribution in [0.1, 0.15) is 21.5 Å². The third-order valence-electron chi connectivity index (χ3n) is 2.99. The highest BCUT2D eigenvalue weighted by Crippen LogP contribution is 2.14. The molecule has 0 radical (unpaired) electrons. The molecule has 4 heteroatoms. The normalized spacial score (nSPS) is 10.3. The predicted molar refractivity (Wildman–Crippen MR) is 75.0 cm³/mol. The van der Waals surface area contributed by atoms with Gasteiger partial charge in [-0.1, -0.05) is 12.1 Å². The smallest absolute Gasteiger partial charge is 0.254 e. The van der Waals surface area contributed by atoms with Gasteiger partial charge in [-0.25, -0.2) is 4.39 Å². The van der Waals surface area contributed by atoms with Crippen molar-refractivity contribution in [2.75, 3.05) is 7.05 Å². The molecular weight excluding hydrogens is 257 g/mol. The minimum Gasteiger partial charge on any atom is -0.508 e. The Labute approximate surface area is 117 Å². The molecule has 0 unspecified atom stereocenters. The topological polar surface area (TPSA) is 40.5 Å². The van der Waals surface area contributed by atoms with E-state index in [0.29, 0.717) is 17.7 Å². The minimum absolute atomic E-state index is 0.184. The van der Waals surface area contributed by atoms with Crippen LogP contribution in [-0.4, -0.2) is 23.0 Å². The Bertz CT molecular complexity index is 603. The molecule has 0 heterocycles. The number of halogens is 1. The SMILES string of the molecule is Cc1cc(F)cc(C(=O)N(C)Cc2ccc(O)cc2)c1. The molecule has 0 saturated heterocycles. The van der Waals surface area contributed by atoms with Crippen molar-refractivity contribution in [1.29, 1.82) is 0 Å². The van der Waals surface area contributed by atoms with Crippen LogP contribution in [0.15, 0.2) is 42.5 Å². The molecular formula is C16H16FNO2. The Morgan fingerprint density at radius 2 is 1.85 bits per heavy atom. The van der Waals surface area contributed by atoms with E-state index in [1.807, 2.05) is 0 Å². The summed E-state index contributed by atoms with van der Waals surface area (Å²) in [6.07, 6.45) is 0. The third-order valence-corrected chi connectivity index (χ3v) is 2.99. The fourth-order valence-electron chi connectivity index (χ4n) is 2.03. The zero-order valence-electron chi connectivity index (χ0n) is 11.4. The van der Waals surface area contributed by atoms with Gasteiger partial charge in [-0.15, -0.1) is 0 Å². The van der Waals surface area contributed by atoms with Crippen LogP contribution in [0.4, 0.5) is 4.39 Å². The second-order valence-corrected chi connectivity index (χ2v) is 4.84. The molecule has 1 N–H and O–H groups in total. The molecule has 20 heavy (non-hydrogen) atoms. The van der Waals surface area contributed by atoms with Crippen molar-refractivity contribution >= 4 is 5.91 Å². The maximum Gasteiger partial charge on any atom is 0.254 e. The van der Waals surface area contributed by atoms with E-state index in [2.05, 4.69) is 0 Å². The fraction of sp³-hybridized carbons (Fsp3) is 0.188. The number of hydrogen-bond donors (Lipinski definition) is 1. The zero-order chi connectivity index (χ0) is 14.7. The van der Waals surface area contributed by atoms with Gasteiger partial charge in [-0.2, -0.15) is 0 Å². The second-order valence-electron chi connectivity index (χ2n) is 4.84. The summed E-state index contributed by atoms with van der Waals surface area (Å²) in [7, 11) is 1.66. The lowest BCUT2D eigenvalue weighted by Crippen LogP contribution is -2.26. The van der Waals surface area contributed by atoms with E-state index >= 15 is 0 Å². The van der Waals surface area contributed by atoms with Gasteiger partial charge in [0.05, 0.1) is 0 Å². The Morgan fingerprint density at radius 3 is 2.45 bits per heavy atom. The Hall–Kier alpha value is -2.36. The summed E-state index contributed by atoms with van der Waals surface area (Å²) in [6.45, 7) is 2.15. The van der Waals surface area contributed by atoms with Crippen molar-refractivity contribution in [3.8, 4) is 5.75 Å². The first kappa shape index (κ1) is 14.1. The number of hydrogen-bond acceptors (Lipinski definition) is 2. The second kappa shape index (κ2) is 5.74. The number of amides is 1. The Morgan fingerprint density at radius 1 is 1.20 bits per heavy atom. The molecule has 0 atom stereocenters.